The molecule has 0 unspecified atom stereocenters. The van der Waals surface area contributed by atoms with Crippen molar-refractivity contribution in [3.05, 3.63) is 47.2 Å². The van der Waals surface area contributed by atoms with Gasteiger partial charge in [0.1, 0.15) is 0 Å². The summed E-state index contributed by atoms with van der Waals surface area (Å²) in [7, 11) is 1.72. The van der Waals surface area contributed by atoms with Gasteiger partial charge in [-0.3, -0.25) is 9.69 Å². The Kier molecular flexibility index (Phi) is 3.76. The molecule has 0 aliphatic carbocycles. The van der Waals surface area contributed by atoms with Gasteiger partial charge in [-0.2, -0.15) is 0 Å². The molecule has 3 aliphatic heterocycles. The molecular formula is C18H21N3O3. The smallest absolute Gasteiger partial charge is 0.322 e. The zero-order valence-corrected chi connectivity index (χ0v) is 13.7. The number of nitrogens with one attached hydrogen (secondary N) is 1. The van der Waals surface area contributed by atoms with Gasteiger partial charge in [-0.15, -0.1) is 0 Å². The zero-order valence-electron chi connectivity index (χ0n) is 13.7. The van der Waals surface area contributed by atoms with E-state index in [2.05, 4.69) is 5.32 Å². The fourth-order valence-electron chi connectivity index (χ4n) is 3.70. The van der Waals surface area contributed by atoms with Gasteiger partial charge in [0.05, 0.1) is 30.0 Å². The first-order valence-corrected chi connectivity index (χ1v) is 8.38. The maximum absolute atomic E-state index is 13.0. The lowest BCUT2D eigenvalue weighted by atomic mass is 9.96. The molecule has 4 rings (SSSR count). The second-order valence-corrected chi connectivity index (χ2v) is 6.53. The second-order valence-electron chi connectivity index (χ2n) is 6.53. The fraction of sp³-hybridized carbons (Fsp3) is 0.444. The SMILES string of the molecule is CN1C(=O)N[C@H](c2ccccc2)C2=C1CN(C[C@@H]1CCCO1)C2=O. The number of amides is 3. The summed E-state index contributed by atoms with van der Waals surface area (Å²) in [4.78, 5) is 28.7. The molecule has 3 heterocycles. The van der Waals surface area contributed by atoms with E-state index >= 15 is 0 Å². The number of hydrogen-bond acceptors (Lipinski definition) is 3. The van der Waals surface area contributed by atoms with Crippen molar-refractivity contribution in [2.45, 2.75) is 25.0 Å². The van der Waals surface area contributed by atoms with Crippen LogP contribution in [-0.2, 0) is 9.53 Å². The van der Waals surface area contributed by atoms with Crippen LogP contribution < -0.4 is 5.32 Å². The minimum atomic E-state index is -0.383. The molecule has 126 valence electrons. The van der Waals surface area contributed by atoms with Crippen molar-refractivity contribution in [2.75, 3.05) is 26.7 Å². The lowest BCUT2D eigenvalue weighted by molar-refractivity contribution is -0.127. The molecule has 0 bridgehead atoms. The number of carbonyl (C=O) groups excluding carboxylic acids is 2. The van der Waals surface area contributed by atoms with E-state index < -0.39 is 0 Å². The molecule has 3 amide bonds. The van der Waals surface area contributed by atoms with E-state index in [-0.39, 0.29) is 24.1 Å². The lowest BCUT2D eigenvalue weighted by Crippen LogP contribution is -2.45. The number of rotatable bonds is 3. The van der Waals surface area contributed by atoms with E-state index in [1.54, 1.807) is 11.9 Å². The molecule has 1 aromatic rings. The van der Waals surface area contributed by atoms with Crippen LogP contribution in [0.1, 0.15) is 24.4 Å². The van der Waals surface area contributed by atoms with Crippen LogP contribution in [0.5, 0.6) is 0 Å². The van der Waals surface area contributed by atoms with Gasteiger partial charge in [-0.25, -0.2) is 4.79 Å². The summed E-state index contributed by atoms with van der Waals surface area (Å²) >= 11 is 0. The minimum Gasteiger partial charge on any atom is -0.376 e. The van der Waals surface area contributed by atoms with Crippen molar-refractivity contribution < 1.29 is 14.3 Å². The van der Waals surface area contributed by atoms with Gasteiger partial charge >= 0.3 is 6.03 Å². The maximum Gasteiger partial charge on any atom is 0.322 e. The number of hydrogen-bond donors (Lipinski definition) is 1. The Bertz CT molecular complexity index is 695. The van der Waals surface area contributed by atoms with Crippen LogP contribution >= 0.6 is 0 Å². The highest BCUT2D eigenvalue weighted by atomic mass is 16.5. The summed E-state index contributed by atoms with van der Waals surface area (Å²) in [5, 5.41) is 2.95. The van der Waals surface area contributed by atoms with Crippen molar-refractivity contribution in [2.24, 2.45) is 0 Å². The molecule has 0 aromatic heterocycles. The molecule has 0 spiro atoms. The highest BCUT2D eigenvalue weighted by molar-refractivity contribution is 6.01. The maximum atomic E-state index is 13.0. The van der Waals surface area contributed by atoms with Crippen molar-refractivity contribution in [1.82, 2.24) is 15.1 Å². The van der Waals surface area contributed by atoms with Crippen LogP contribution in [0.4, 0.5) is 4.79 Å². The molecular weight excluding hydrogens is 306 g/mol. The molecule has 1 fully saturated rings. The number of urea groups is 1. The van der Waals surface area contributed by atoms with Crippen molar-refractivity contribution in [3.8, 4) is 0 Å². The Morgan fingerprint density at radius 3 is 2.75 bits per heavy atom. The van der Waals surface area contributed by atoms with Gasteiger partial charge in [0.25, 0.3) is 5.91 Å². The molecule has 24 heavy (non-hydrogen) atoms. The average Bonchev–Trinajstić information content (AvgIpc) is 3.22. The number of carbonyl (C=O) groups is 2. The van der Waals surface area contributed by atoms with E-state index in [0.717, 1.165) is 30.7 Å². The fourth-order valence-corrected chi connectivity index (χ4v) is 3.70. The largest absolute Gasteiger partial charge is 0.376 e. The van der Waals surface area contributed by atoms with Gasteiger partial charge in [-0.1, -0.05) is 30.3 Å². The number of ether oxygens (including phenoxy) is 1. The van der Waals surface area contributed by atoms with E-state index in [1.807, 2.05) is 35.2 Å². The molecule has 6 heteroatoms. The predicted octanol–water partition coefficient (Wildman–Crippen LogP) is 1.66. The third-order valence-electron chi connectivity index (χ3n) is 5.02. The van der Waals surface area contributed by atoms with Gasteiger partial charge in [0, 0.05) is 20.2 Å². The monoisotopic (exact) mass is 327 g/mol. The van der Waals surface area contributed by atoms with E-state index in [4.69, 9.17) is 4.74 Å². The van der Waals surface area contributed by atoms with Crippen LogP contribution in [0.25, 0.3) is 0 Å². The Morgan fingerprint density at radius 1 is 1.25 bits per heavy atom. The third kappa shape index (κ3) is 2.47. The topological polar surface area (TPSA) is 61.9 Å². The minimum absolute atomic E-state index is 0.00111. The van der Waals surface area contributed by atoms with Crippen molar-refractivity contribution in [1.29, 1.82) is 0 Å². The Morgan fingerprint density at radius 2 is 2.04 bits per heavy atom. The van der Waals surface area contributed by atoms with E-state index in [0.29, 0.717) is 18.7 Å². The molecule has 2 atom stereocenters. The van der Waals surface area contributed by atoms with Gasteiger partial charge < -0.3 is 15.0 Å². The number of benzene rings is 1. The van der Waals surface area contributed by atoms with Crippen LogP contribution in [0.3, 0.4) is 0 Å². The summed E-state index contributed by atoms with van der Waals surface area (Å²) in [6, 6.07) is 9.10. The van der Waals surface area contributed by atoms with Crippen LogP contribution in [0.15, 0.2) is 41.6 Å². The quantitative estimate of drug-likeness (QED) is 0.918. The summed E-state index contributed by atoms with van der Waals surface area (Å²) in [5.41, 5.74) is 2.41. The van der Waals surface area contributed by atoms with Gasteiger partial charge in [0.2, 0.25) is 0 Å². The molecule has 6 nitrogen and oxygen atoms in total. The highest BCUT2D eigenvalue weighted by Crippen LogP contribution is 2.35. The lowest BCUT2D eigenvalue weighted by Gasteiger charge is -2.31. The molecule has 1 aromatic carbocycles. The molecule has 0 saturated carbocycles. The first-order valence-electron chi connectivity index (χ1n) is 8.38. The first kappa shape index (κ1) is 15.2. The van der Waals surface area contributed by atoms with Crippen LogP contribution in [0, 0.1) is 0 Å². The second kappa shape index (κ2) is 5.94. The summed E-state index contributed by atoms with van der Waals surface area (Å²) in [6.07, 6.45) is 2.15. The summed E-state index contributed by atoms with van der Waals surface area (Å²) in [5.74, 6) is 0.00111. The van der Waals surface area contributed by atoms with Crippen molar-refractivity contribution in [3.63, 3.8) is 0 Å². The Balaban J connectivity index is 1.64. The van der Waals surface area contributed by atoms with Gasteiger partial charge in [0.15, 0.2) is 0 Å². The van der Waals surface area contributed by atoms with Gasteiger partial charge in [-0.05, 0) is 18.4 Å². The number of nitrogens with zero attached hydrogens (tertiary/aromatic N) is 2. The summed E-state index contributed by atoms with van der Waals surface area (Å²) in [6.45, 7) is 1.84. The molecule has 0 radical (unpaired) electrons. The molecule has 1 saturated heterocycles. The van der Waals surface area contributed by atoms with Crippen LogP contribution in [-0.4, -0.2) is 54.6 Å². The van der Waals surface area contributed by atoms with Crippen LogP contribution in [0.2, 0.25) is 0 Å². The van der Waals surface area contributed by atoms with E-state index in [1.165, 1.54) is 0 Å². The standard InChI is InChI=1S/C18H21N3O3/c1-20-14-11-21(10-13-8-5-9-24-13)17(22)15(14)16(19-18(20)23)12-6-3-2-4-7-12/h2-4,6-7,13,16H,5,8-11H2,1H3,(H,19,23)/t13-,16+/m0/s1. The zero-order chi connectivity index (χ0) is 16.7. The van der Waals surface area contributed by atoms with E-state index in [9.17, 15) is 9.59 Å². The number of likely N-dealkylation sites (N-methyl/N-ethyl adjacent to an activating group) is 1. The first-order chi connectivity index (χ1) is 11.6. The summed E-state index contributed by atoms with van der Waals surface area (Å²) < 4.78 is 5.67. The predicted molar refractivity (Wildman–Crippen MR) is 88.1 cm³/mol. The highest BCUT2D eigenvalue weighted by Gasteiger charge is 2.43. The third-order valence-corrected chi connectivity index (χ3v) is 5.02. The molecule has 1 N–H and O–H groups in total. The molecule has 3 aliphatic rings. The Labute approximate surface area is 141 Å². The van der Waals surface area contributed by atoms with Crippen molar-refractivity contribution >= 4 is 11.9 Å². The normalized spacial score (nSPS) is 26.9. The average molecular weight is 327 g/mol. The Hall–Kier alpha value is -2.34.